The van der Waals surface area contributed by atoms with Crippen LogP contribution < -0.4 is 10.2 Å². The van der Waals surface area contributed by atoms with Gasteiger partial charge in [-0.05, 0) is 27.3 Å². The van der Waals surface area contributed by atoms with E-state index in [1.54, 1.807) is 18.4 Å². The van der Waals surface area contributed by atoms with E-state index in [-0.39, 0.29) is 0 Å². The summed E-state index contributed by atoms with van der Waals surface area (Å²) in [5.41, 5.74) is 1.15. The van der Waals surface area contributed by atoms with Crippen molar-refractivity contribution in [2.24, 2.45) is 0 Å². The topological polar surface area (TPSA) is 37.4 Å². The van der Waals surface area contributed by atoms with Crippen LogP contribution >= 0.6 is 11.3 Å². The van der Waals surface area contributed by atoms with Crippen LogP contribution in [0.5, 0.6) is 0 Å². The van der Waals surface area contributed by atoms with Crippen molar-refractivity contribution in [1.82, 2.24) is 10.3 Å². The van der Waals surface area contributed by atoms with E-state index >= 15 is 0 Å². The largest absolute Gasteiger partial charge is 0.380 e. The van der Waals surface area contributed by atoms with Gasteiger partial charge in [0, 0.05) is 31.1 Å². The van der Waals surface area contributed by atoms with Crippen molar-refractivity contribution in [2.75, 3.05) is 32.1 Å². The maximum Gasteiger partial charge on any atom is 0.185 e. The van der Waals surface area contributed by atoms with Crippen LogP contribution in [-0.4, -0.2) is 38.3 Å². The highest BCUT2D eigenvalue weighted by atomic mass is 32.1. The number of rotatable bonds is 4. The van der Waals surface area contributed by atoms with Crippen molar-refractivity contribution in [2.45, 2.75) is 32.4 Å². The number of aryl methyl sites for hydroxylation is 1. The van der Waals surface area contributed by atoms with E-state index in [2.05, 4.69) is 29.0 Å². The van der Waals surface area contributed by atoms with Crippen molar-refractivity contribution in [3.63, 3.8) is 0 Å². The molecule has 1 fully saturated rings. The summed E-state index contributed by atoms with van der Waals surface area (Å²) in [6.45, 7) is 6.29. The van der Waals surface area contributed by atoms with Gasteiger partial charge in [0.05, 0.1) is 11.8 Å². The maximum absolute atomic E-state index is 5.39. The maximum atomic E-state index is 5.39. The van der Waals surface area contributed by atoms with Gasteiger partial charge in [0.15, 0.2) is 5.13 Å². The van der Waals surface area contributed by atoms with Crippen LogP contribution in [-0.2, 0) is 4.74 Å². The molecule has 1 aliphatic heterocycles. The van der Waals surface area contributed by atoms with Gasteiger partial charge in [-0.3, -0.25) is 0 Å². The Hall–Kier alpha value is -0.650. The van der Waals surface area contributed by atoms with Crippen LogP contribution in [0, 0.1) is 6.92 Å². The van der Waals surface area contributed by atoms with Gasteiger partial charge in [0.25, 0.3) is 0 Å². The second kappa shape index (κ2) is 5.33. The number of anilines is 1. The molecule has 0 aromatic carbocycles. The number of hydrogen-bond donors (Lipinski definition) is 1. The molecule has 5 heteroatoms. The SMILES string of the molecule is CNC(C)c1sc(N2CCC(OC)C2)nc1C. The number of methoxy groups -OCH3 is 1. The molecule has 17 heavy (non-hydrogen) atoms. The minimum absolute atomic E-state index is 0.365. The summed E-state index contributed by atoms with van der Waals surface area (Å²) in [5, 5.41) is 4.41. The molecule has 0 radical (unpaired) electrons. The summed E-state index contributed by atoms with van der Waals surface area (Å²) >= 11 is 1.80. The number of ether oxygens (including phenoxy) is 1. The predicted octanol–water partition coefficient (Wildman–Crippen LogP) is 1.96. The lowest BCUT2D eigenvalue weighted by Gasteiger charge is -2.14. The first-order chi connectivity index (χ1) is 8.15. The van der Waals surface area contributed by atoms with Crippen LogP contribution in [0.1, 0.15) is 30.0 Å². The molecule has 2 heterocycles. The molecule has 4 nitrogen and oxygen atoms in total. The summed E-state index contributed by atoms with van der Waals surface area (Å²) in [6, 6.07) is 0.377. The van der Waals surface area contributed by atoms with Crippen molar-refractivity contribution in [3.05, 3.63) is 10.6 Å². The van der Waals surface area contributed by atoms with E-state index in [0.717, 1.165) is 30.3 Å². The molecule has 2 atom stereocenters. The summed E-state index contributed by atoms with van der Waals surface area (Å²) in [4.78, 5) is 8.35. The predicted molar refractivity (Wildman–Crippen MR) is 72.0 cm³/mol. The van der Waals surface area contributed by atoms with Gasteiger partial charge in [-0.2, -0.15) is 0 Å². The monoisotopic (exact) mass is 255 g/mol. The van der Waals surface area contributed by atoms with Gasteiger partial charge in [0.2, 0.25) is 0 Å². The lowest BCUT2D eigenvalue weighted by atomic mass is 10.2. The van der Waals surface area contributed by atoms with E-state index in [4.69, 9.17) is 4.74 Å². The third kappa shape index (κ3) is 2.61. The van der Waals surface area contributed by atoms with E-state index in [1.807, 2.05) is 7.05 Å². The lowest BCUT2D eigenvalue weighted by Crippen LogP contribution is -2.21. The van der Waals surface area contributed by atoms with Gasteiger partial charge in [-0.15, -0.1) is 11.3 Å². The molecule has 0 spiro atoms. The Kier molecular flexibility index (Phi) is 4.01. The van der Waals surface area contributed by atoms with Crippen LogP contribution in [0.3, 0.4) is 0 Å². The lowest BCUT2D eigenvalue weighted by molar-refractivity contribution is 0.121. The Labute approximate surface area is 107 Å². The van der Waals surface area contributed by atoms with Crippen molar-refractivity contribution in [1.29, 1.82) is 0 Å². The second-order valence-corrected chi connectivity index (χ2v) is 5.56. The minimum Gasteiger partial charge on any atom is -0.380 e. The Morgan fingerprint density at radius 3 is 2.94 bits per heavy atom. The minimum atomic E-state index is 0.365. The van der Waals surface area contributed by atoms with Crippen molar-refractivity contribution in [3.8, 4) is 0 Å². The highest BCUT2D eigenvalue weighted by Gasteiger charge is 2.25. The van der Waals surface area contributed by atoms with E-state index < -0.39 is 0 Å². The zero-order valence-electron chi connectivity index (χ0n) is 11.0. The molecular formula is C12H21N3OS. The molecule has 0 amide bonds. The first-order valence-corrected chi connectivity index (χ1v) is 6.89. The van der Waals surface area contributed by atoms with Gasteiger partial charge >= 0.3 is 0 Å². The fraction of sp³-hybridized carbons (Fsp3) is 0.750. The number of nitrogens with zero attached hydrogens (tertiary/aromatic N) is 2. The first kappa shape index (κ1) is 12.8. The molecule has 96 valence electrons. The zero-order valence-corrected chi connectivity index (χ0v) is 11.8. The van der Waals surface area contributed by atoms with Gasteiger partial charge in [-0.25, -0.2) is 4.98 Å². The van der Waals surface area contributed by atoms with Crippen LogP contribution in [0.15, 0.2) is 0 Å². The van der Waals surface area contributed by atoms with Gasteiger partial charge in [0.1, 0.15) is 0 Å². The number of nitrogens with one attached hydrogen (secondary N) is 1. The quantitative estimate of drug-likeness (QED) is 0.892. The van der Waals surface area contributed by atoms with E-state index in [0.29, 0.717) is 12.1 Å². The molecule has 2 unspecified atom stereocenters. The molecule has 1 saturated heterocycles. The van der Waals surface area contributed by atoms with Crippen LogP contribution in [0.25, 0.3) is 0 Å². The molecule has 1 N–H and O–H groups in total. The molecule has 1 aliphatic rings. The van der Waals surface area contributed by atoms with Crippen molar-refractivity contribution >= 4 is 16.5 Å². The standard InChI is InChI=1S/C12H21N3OS/c1-8(13-3)11-9(2)14-12(17-11)15-6-5-10(7-15)16-4/h8,10,13H,5-7H2,1-4H3. The highest BCUT2D eigenvalue weighted by Crippen LogP contribution is 2.32. The summed E-state index contributed by atoms with van der Waals surface area (Å²) in [6.07, 6.45) is 1.47. The van der Waals surface area contributed by atoms with Crippen LogP contribution in [0.2, 0.25) is 0 Å². The van der Waals surface area contributed by atoms with Crippen molar-refractivity contribution < 1.29 is 4.74 Å². The molecule has 2 rings (SSSR count). The smallest absolute Gasteiger partial charge is 0.185 e. The molecule has 0 aliphatic carbocycles. The fourth-order valence-electron chi connectivity index (χ4n) is 2.16. The van der Waals surface area contributed by atoms with E-state index in [9.17, 15) is 0 Å². The van der Waals surface area contributed by atoms with Gasteiger partial charge in [-0.1, -0.05) is 0 Å². The molecule has 0 saturated carbocycles. The Balaban J connectivity index is 2.12. The normalized spacial score (nSPS) is 22.1. The Morgan fingerprint density at radius 1 is 1.59 bits per heavy atom. The Morgan fingerprint density at radius 2 is 2.35 bits per heavy atom. The fourth-order valence-corrected chi connectivity index (χ4v) is 3.32. The summed E-state index contributed by atoms with van der Waals surface area (Å²) in [7, 11) is 3.77. The summed E-state index contributed by atoms with van der Waals surface area (Å²) < 4.78 is 5.39. The average molecular weight is 255 g/mol. The molecule has 0 bridgehead atoms. The second-order valence-electron chi connectivity index (χ2n) is 4.55. The van der Waals surface area contributed by atoms with E-state index in [1.165, 1.54) is 4.88 Å². The number of thiazole rings is 1. The Bertz CT molecular complexity index is 380. The third-order valence-corrected chi connectivity index (χ3v) is 4.80. The average Bonchev–Trinajstić information content (AvgIpc) is 2.94. The number of hydrogen-bond acceptors (Lipinski definition) is 5. The third-order valence-electron chi connectivity index (χ3n) is 3.40. The number of aromatic nitrogens is 1. The summed E-state index contributed by atoms with van der Waals surface area (Å²) in [5.74, 6) is 0. The highest BCUT2D eigenvalue weighted by molar-refractivity contribution is 7.15. The molecule has 1 aromatic heterocycles. The van der Waals surface area contributed by atoms with Gasteiger partial charge < -0.3 is 15.0 Å². The molecule has 1 aromatic rings. The molecular weight excluding hydrogens is 234 g/mol. The first-order valence-electron chi connectivity index (χ1n) is 6.08. The zero-order chi connectivity index (χ0) is 12.4. The van der Waals surface area contributed by atoms with Crippen LogP contribution in [0.4, 0.5) is 5.13 Å².